The predicted octanol–water partition coefficient (Wildman–Crippen LogP) is 4.26. The van der Waals surface area contributed by atoms with E-state index in [1.54, 1.807) is 12.1 Å². The van der Waals surface area contributed by atoms with Crippen LogP contribution in [0.2, 0.25) is 0 Å². The molecule has 1 N–H and O–H groups in total. The third kappa shape index (κ3) is 5.35. The second-order valence-electron chi connectivity index (χ2n) is 6.55. The summed E-state index contributed by atoms with van der Waals surface area (Å²) in [6, 6.07) is 25.3. The summed E-state index contributed by atoms with van der Waals surface area (Å²) in [5.74, 6) is 0.566. The molecule has 0 atom stereocenters. The van der Waals surface area contributed by atoms with Crippen LogP contribution in [0.25, 0.3) is 0 Å². The number of carbonyl (C=O) groups is 1. The average Bonchev–Trinajstić information content (AvgIpc) is 2.71. The Balaban J connectivity index is 1.59. The van der Waals surface area contributed by atoms with E-state index in [0.717, 1.165) is 16.8 Å². The molecule has 3 rings (SSSR count). The number of amides is 1. The van der Waals surface area contributed by atoms with E-state index in [9.17, 15) is 4.79 Å². The molecule has 0 bridgehead atoms. The standard InChI is InChI=1S/C23H24N2O2/c1-25(2)21-12-6-10-19(14-21)16-24-23(26)20-11-7-13-22(15-20)27-17-18-8-4-3-5-9-18/h3-15H,16-17H2,1-2H3,(H,24,26). The van der Waals surface area contributed by atoms with Crippen LogP contribution in [-0.4, -0.2) is 20.0 Å². The number of nitrogens with one attached hydrogen (secondary N) is 1. The number of carbonyl (C=O) groups excluding carboxylic acids is 1. The van der Waals surface area contributed by atoms with Gasteiger partial charge in [-0.1, -0.05) is 48.5 Å². The Morgan fingerprint density at radius 1 is 0.889 bits per heavy atom. The van der Waals surface area contributed by atoms with Crippen molar-refractivity contribution in [2.75, 3.05) is 19.0 Å². The van der Waals surface area contributed by atoms with E-state index < -0.39 is 0 Å². The number of hydrogen-bond donors (Lipinski definition) is 1. The van der Waals surface area contributed by atoms with Gasteiger partial charge in [-0.25, -0.2) is 0 Å². The first-order valence-electron chi connectivity index (χ1n) is 8.93. The Hall–Kier alpha value is -3.27. The molecule has 27 heavy (non-hydrogen) atoms. The second-order valence-corrected chi connectivity index (χ2v) is 6.55. The maximum absolute atomic E-state index is 12.5. The Kier molecular flexibility index (Phi) is 6.10. The van der Waals surface area contributed by atoms with E-state index in [0.29, 0.717) is 24.5 Å². The zero-order valence-corrected chi connectivity index (χ0v) is 15.7. The van der Waals surface area contributed by atoms with Crippen molar-refractivity contribution in [3.05, 3.63) is 95.6 Å². The molecule has 4 nitrogen and oxygen atoms in total. The molecule has 0 aliphatic rings. The van der Waals surface area contributed by atoms with Crippen molar-refractivity contribution >= 4 is 11.6 Å². The van der Waals surface area contributed by atoms with Crippen LogP contribution in [0.4, 0.5) is 5.69 Å². The van der Waals surface area contributed by atoms with E-state index >= 15 is 0 Å². The lowest BCUT2D eigenvalue weighted by Gasteiger charge is -2.14. The minimum atomic E-state index is -0.115. The minimum absolute atomic E-state index is 0.115. The van der Waals surface area contributed by atoms with Crippen molar-refractivity contribution in [1.82, 2.24) is 5.32 Å². The first-order valence-corrected chi connectivity index (χ1v) is 8.93. The van der Waals surface area contributed by atoms with E-state index in [-0.39, 0.29) is 5.91 Å². The Morgan fingerprint density at radius 2 is 1.63 bits per heavy atom. The lowest BCUT2D eigenvalue weighted by molar-refractivity contribution is 0.0950. The molecule has 0 saturated heterocycles. The lowest BCUT2D eigenvalue weighted by Crippen LogP contribution is -2.23. The molecule has 1 amide bonds. The normalized spacial score (nSPS) is 10.3. The maximum atomic E-state index is 12.5. The van der Waals surface area contributed by atoms with Crippen LogP contribution < -0.4 is 15.0 Å². The highest BCUT2D eigenvalue weighted by molar-refractivity contribution is 5.94. The number of anilines is 1. The van der Waals surface area contributed by atoms with E-state index in [1.165, 1.54) is 0 Å². The molecule has 3 aromatic rings. The molecule has 0 heterocycles. The van der Waals surface area contributed by atoms with Crippen molar-refractivity contribution in [1.29, 1.82) is 0 Å². The van der Waals surface area contributed by atoms with E-state index in [1.807, 2.05) is 79.7 Å². The quantitative estimate of drug-likeness (QED) is 0.684. The van der Waals surface area contributed by atoms with Gasteiger partial charge in [0.1, 0.15) is 12.4 Å². The third-order valence-corrected chi connectivity index (χ3v) is 4.22. The summed E-state index contributed by atoms with van der Waals surface area (Å²) in [5, 5.41) is 2.97. The SMILES string of the molecule is CN(C)c1cccc(CNC(=O)c2cccc(OCc3ccccc3)c2)c1. The highest BCUT2D eigenvalue weighted by atomic mass is 16.5. The summed E-state index contributed by atoms with van der Waals surface area (Å²) in [6.07, 6.45) is 0. The number of benzene rings is 3. The van der Waals surface area contributed by atoms with Crippen molar-refractivity contribution in [2.45, 2.75) is 13.2 Å². The summed E-state index contributed by atoms with van der Waals surface area (Å²) < 4.78 is 5.80. The molecule has 0 radical (unpaired) electrons. The van der Waals surface area contributed by atoms with Gasteiger partial charge in [0.2, 0.25) is 0 Å². The third-order valence-electron chi connectivity index (χ3n) is 4.22. The van der Waals surface area contributed by atoms with Crippen molar-refractivity contribution in [3.63, 3.8) is 0 Å². The zero-order chi connectivity index (χ0) is 19.1. The van der Waals surface area contributed by atoms with Crippen LogP contribution in [0.3, 0.4) is 0 Å². The fourth-order valence-corrected chi connectivity index (χ4v) is 2.70. The fraction of sp³-hybridized carbons (Fsp3) is 0.174. The van der Waals surface area contributed by atoms with Gasteiger partial charge in [0, 0.05) is 31.9 Å². The van der Waals surface area contributed by atoms with Crippen molar-refractivity contribution in [3.8, 4) is 5.75 Å². The molecule has 0 fully saturated rings. The monoisotopic (exact) mass is 360 g/mol. The van der Waals surface area contributed by atoms with Gasteiger partial charge in [-0.2, -0.15) is 0 Å². The number of hydrogen-bond acceptors (Lipinski definition) is 3. The Morgan fingerprint density at radius 3 is 2.41 bits per heavy atom. The molecule has 0 unspecified atom stereocenters. The molecule has 0 aliphatic heterocycles. The van der Waals surface area contributed by atoms with Crippen LogP contribution in [0, 0.1) is 0 Å². The summed E-state index contributed by atoms with van der Waals surface area (Å²) >= 11 is 0. The summed E-state index contributed by atoms with van der Waals surface area (Å²) in [5.41, 5.74) is 3.85. The summed E-state index contributed by atoms with van der Waals surface area (Å²) in [6.45, 7) is 0.957. The number of nitrogens with zero attached hydrogens (tertiary/aromatic N) is 1. The molecule has 0 saturated carbocycles. The first kappa shape index (κ1) is 18.5. The molecule has 0 aliphatic carbocycles. The minimum Gasteiger partial charge on any atom is -0.489 e. The van der Waals surface area contributed by atoms with Crippen molar-refractivity contribution in [2.24, 2.45) is 0 Å². The molecular weight excluding hydrogens is 336 g/mol. The number of rotatable bonds is 7. The van der Waals surface area contributed by atoms with Crippen LogP contribution in [0.15, 0.2) is 78.9 Å². The smallest absolute Gasteiger partial charge is 0.251 e. The van der Waals surface area contributed by atoms with Crippen LogP contribution >= 0.6 is 0 Å². The van der Waals surface area contributed by atoms with Gasteiger partial charge in [0.05, 0.1) is 0 Å². The van der Waals surface area contributed by atoms with Crippen molar-refractivity contribution < 1.29 is 9.53 Å². The Bertz CT molecular complexity index is 892. The zero-order valence-electron chi connectivity index (χ0n) is 15.7. The predicted molar refractivity (Wildman–Crippen MR) is 109 cm³/mol. The fourth-order valence-electron chi connectivity index (χ4n) is 2.70. The molecular formula is C23H24N2O2. The van der Waals surface area contributed by atoms with Gasteiger partial charge < -0.3 is 15.0 Å². The molecule has 4 heteroatoms. The van der Waals surface area contributed by atoms with Gasteiger partial charge >= 0.3 is 0 Å². The number of ether oxygens (including phenoxy) is 1. The van der Waals surface area contributed by atoms with Gasteiger partial charge in [-0.3, -0.25) is 4.79 Å². The van der Waals surface area contributed by atoms with E-state index in [4.69, 9.17) is 4.74 Å². The molecule has 0 spiro atoms. The second kappa shape index (κ2) is 8.90. The summed E-state index contributed by atoms with van der Waals surface area (Å²) in [7, 11) is 4.00. The molecule has 3 aromatic carbocycles. The van der Waals surface area contributed by atoms with Gasteiger partial charge in [0.15, 0.2) is 0 Å². The molecule has 138 valence electrons. The maximum Gasteiger partial charge on any atom is 0.251 e. The topological polar surface area (TPSA) is 41.6 Å². The van der Waals surface area contributed by atoms with E-state index in [2.05, 4.69) is 11.4 Å². The summed E-state index contributed by atoms with van der Waals surface area (Å²) in [4.78, 5) is 14.5. The largest absolute Gasteiger partial charge is 0.489 e. The van der Waals surface area contributed by atoms with Crippen LogP contribution in [0.1, 0.15) is 21.5 Å². The average molecular weight is 360 g/mol. The van der Waals surface area contributed by atoms with Gasteiger partial charge in [-0.15, -0.1) is 0 Å². The highest BCUT2D eigenvalue weighted by Crippen LogP contribution is 2.16. The lowest BCUT2D eigenvalue weighted by atomic mass is 10.1. The van der Waals surface area contributed by atoms with Gasteiger partial charge in [-0.05, 0) is 41.5 Å². The van der Waals surface area contributed by atoms with Crippen LogP contribution in [0.5, 0.6) is 5.75 Å². The van der Waals surface area contributed by atoms with Gasteiger partial charge in [0.25, 0.3) is 5.91 Å². The first-order chi connectivity index (χ1) is 13.1. The molecule has 0 aromatic heterocycles. The Labute approximate surface area is 160 Å². The van der Waals surface area contributed by atoms with Crippen LogP contribution in [-0.2, 0) is 13.2 Å². The highest BCUT2D eigenvalue weighted by Gasteiger charge is 2.07.